The van der Waals surface area contributed by atoms with Gasteiger partial charge < -0.3 is 4.74 Å². The number of benzene rings is 4. The Kier molecular flexibility index (Phi) is 6.20. The van der Waals surface area contributed by atoms with Crippen LogP contribution in [-0.4, -0.2) is 7.11 Å². The Morgan fingerprint density at radius 2 is 1.07 bits per heavy atom. The van der Waals surface area contributed by atoms with Gasteiger partial charge in [0.1, 0.15) is 23.2 Å². The smallest absolute Gasteiger partial charge is 0.116 e. The first-order valence-electron chi connectivity index (χ1n) is 9.95. The Hall–Kier alpha value is -2.73. The van der Waals surface area contributed by atoms with Crippen LogP contribution in [0, 0.1) is 0 Å². The zero-order chi connectivity index (χ0) is 19.9. The van der Waals surface area contributed by atoms with E-state index in [1.54, 1.807) is 7.11 Å². The molecule has 0 radical (unpaired) electrons. The fraction of sp³-hybridized carbons (Fsp3) is 0.111. The molecule has 0 N–H and O–H groups in total. The van der Waals surface area contributed by atoms with E-state index in [-0.39, 0.29) is 0 Å². The second kappa shape index (κ2) is 9.18. The zero-order valence-electron chi connectivity index (χ0n) is 16.7. The van der Waals surface area contributed by atoms with Crippen LogP contribution in [0.15, 0.2) is 115 Å². The maximum atomic E-state index is 5.60. The van der Waals surface area contributed by atoms with E-state index in [9.17, 15) is 0 Å². The van der Waals surface area contributed by atoms with Crippen LogP contribution >= 0.6 is 7.26 Å². The van der Waals surface area contributed by atoms with Gasteiger partial charge in [-0.1, -0.05) is 84.9 Å². The van der Waals surface area contributed by atoms with Crippen molar-refractivity contribution in [1.82, 2.24) is 0 Å². The molecule has 0 aliphatic rings. The number of hydrogen-bond donors (Lipinski definition) is 0. The van der Waals surface area contributed by atoms with Gasteiger partial charge in [-0.3, -0.25) is 0 Å². The standard InChI is InChI=1S/C27H26OP/c1-28-21-24-15-11-12-20-27(24)29(25-16-7-3-8-17-25,26-18-9-4-10-19-26)22-23-13-5-2-6-14-23/h2-20H,21-22H2,1H3/q+1. The molecule has 0 fully saturated rings. The Balaban J connectivity index is 2.04. The summed E-state index contributed by atoms with van der Waals surface area (Å²) < 4.78 is 5.60. The molecule has 0 bridgehead atoms. The minimum Gasteiger partial charge on any atom is -0.380 e. The summed E-state index contributed by atoms with van der Waals surface area (Å²) in [4.78, 5) is 0. The number of ether oxygens (including phenoxy) is 1. The first-order valence-corrected chi connectivity index (χ1v) is 11.9. The molecule has 0 aliphatic heterocycles. The van der Waals surface area contributed by atoms with E-state index in [1.165, 1.54) is 27.0 Å². The molecule has 0 saturated heterocycles. The monoisotopic (exact) mass is 397 g/mol. The molecule has 0 unspecified atom stereocenters. The van der Waals surface area contributed by atoms with E-state index >= 15 is 0 Å². The molecule has 4 rings (SSSR count). The van der Waals surface area contributed by atoms with Crippen LogP contribution in [0.25, 0.3) is 0 Å². The van der Waals surface area contributed by atoms with Crippen molar-refractivity contribution >= 4 is 23.2 Å². The molecule has 4 aromatic rings. The molecule has 1 nitrogen and oxygen atoms in total. The van der Waals surface area contributed by atoms with Gasteiger partial charge in [0.2, 0.25) is 0 Å². The summed E-state index contributed by atoms with van der Waals surface area (Å²) in [6.07, 6.45) is 0.989. The lowest BCUT2D eigenvalue weighted by Gasteiger charge is -2.29. The first-order chi connectivity index (χ1) is 14.3. The molecule has 4 aromatic carbocycles. The molecule has 0 heterocycles. The second-order valence-corrected chi connectivity index (χ2v) is 10.6. The summed E-state index contributed by atoms with van der Waals surface area (Å²) in [5, 5.41) is 4.21. The van der Waals surface area contributed by atoms with E-state index in [0.29, 0.717) is 6.61 Å². The van der Waals surface area contributed by atoms with Crippen molar-refractivity contribution in [3.05, 3.63) is 126 Å². The van der Waals surface area contributed by atoms with E-state index in [2.05, 4.69) is 115 Å². The first kappa shape index (κ1) is 19.6. The summed E-state index contributed by atoms with van der Waals surface area (Å²) in [7, 11) is -0.146. The third kappa shape index (κ3) is 4.03. The average molecular weight is 397 g/mol. The second-order valence-electron chi connectivity index (χ2n) is 7.19. The Bertz CT molecular complexity index is 990. The van der Waals surface area contributed by atoms with Crippen LogP contribution in [0.1, 0.15) is 11.1 Å². The van der Waals surface area contributed by atoms with Gasteiger partial charge in [0.25, 0.3) is 0 Å². The van der Waals surface area contributed by atoms with E-state index in [0.717, 1.165) is 6.16 Å². The number of hydrogen-bond acceptors (Lipinski definition) is 1. The van der Waals surface area contributed by atoms with E-state index in [1.807, 2.05) is 0 Å². The Morgan fingerprint density at radius 3 is 1.62 bits per heavy atom. The molecule has 144 valence electrons. The quantitative estimate of drug-likeness (QED) is 0.383. The van der Waals surface area contributed by atoms with Gasteiger partial charge in [-0.15, -0.1) is 0 Å². The van der Waals surface area contributed by atoms with Crippen LogP contribution in [0.3, 0.4) is 0 Å². The largest absolute Gasteiger partial charge is 0.380 e. The maximum Gasteiger partial charge on any atom is 0.116 e. The molecule has 0 atom stereocenters. The van der Waals surface area contributed by atoms with Gasteiger partial charge in [-0.2, -0.15) is 0 Å². The highest BCUT2D eigenvalue weighted by atomic mass is 31.2. The lowest BCUT2D eigenvalue weighted by Crippen LogP contribution is -2.34. The highest BCUT2D eigenvalue weighted by Crippen LogP contribution is 2.58. The van der Waals surface area contributed by atoms with Crippen LogP contribution in [0.4, 0.5) is 0 Å². The van der Waals surface area contributed by atoms with Crippen molar-refractivity contribution < 1.29 is 4.74 Å². The number of methoxy groups -OCH3 is 1. The lowest BCUT2D eigenvalue weighted by molar-refractivity contribution is 0.185. The van der Waals surface area contributed by atoms with Crippen molar-refractivity contribution in [2.24, 2.45) is 0 Å². The SMILES string of the molecule is COCc1ccccc1[P+](Cc1ccccc1)(c1ccccc1)c1ccccc1. The fourth-order valence-corrected chi connectivity index (χ4v) is 8.56. The average Bonchev–Trinajstić information content (AvgIpc) is 2.80. The molecule has 0 spiro atoms. The minimum atomic E-state index is -1.92. The van der Waals surface area contributed by atoms with Crippen molar-refractivity contribution in [3.8, 4) is 0 Å². The predicted molar refractivity (Wildman–Crippen MR) is 126 cm³/mol. The summed E-state index contributed by atoms with van der Waals surface area (Å²) in [6, 6.07) is 41.7. The summed E-state index contributed by atoms with van der Waals surface area (Å²) in [6.45, 7) is 0.617. The fourth-order valence-electron chi connectivity index (χ4n) is 4.08. The van der Waals surface area contributed by atoms with E-state index in [4.69, 9.17) is 4.74 Å². The zero-order valence-corrected chi connectivity index (χ0v) is 17.6. The molecular formula is C27H26OP+. The minimum absolute atomic E-state index is 0.617. The van der Waals surface area contributed by atoms with Crippen LogP contribution in [0.5, 0.6) is 0 Å². The lowest BCUT2D eigenvalue weighted by atomic mass is 10.2. The third-order valence-electron chi connectivity index (χ3n) is 5.36. The highest BCUT2D eigenvalue weighted by Gasteiger charge is 2.46. The normalized spacial score (nSPS) is 11.3. The maximum absolute atomic E-state index is 5.60. The molecular weight excluding hydrogens is 371 g/mol. The van der Waals surface area contributed by atoms with Crippen molar-refractivity contribution in [1.29, 1.82) is 0 Å². The molecule has 0 saturated carbocycles. The van der Waals surface area contributed by atoms with Gasteiger partial charge in [0, 0.05) is 12.7 Å². The molecule has 0 aliphatic carbocycles. The summed E-state index contributed by atoms with van der Waals surface area (Å²) in [5.74, 6) is 0. The van der Waals surface area contributed by atoms with Gasteiger partial charge >= 0.3 is 0 Å². The molecule has 0 aromatic heterocycles. The number of rotatable bonds is 7. The van der Waals surface area contributed by atoms with Crippen molar-refractivity contribution in [2.45, 2.75) is 12.8 Å². The van der Waals surface area contributed by atoms with Gasteiger partial charge in [-0.25, -0.2) is 0 Å². The van der Waals surface area contributed by atoms with Crippen LogP contribution in [0.2, 0.25) is 0 Å². The van der Waals surface area contributed by atoms with Crippen LogP contribution in [-0.2, 0) is 17.5 Å². The summed E-state index contributed by atoms with van der Waals surface area (Å²) in [5.41, 5.74) is 2.63. The van der Waals surface area contributed by atoms with Gasteiger partial charge in [0.05, 0.1) is 12.8 Å². The molecule has 29 heavy (non-hydrogen) atoms. The molecule has 2 heteroatoms. The van der Waals surface area contributed by atoms with E-state index < -0.39 is 7.26 Å². The Morgan fingerprint density at radius 1 is 0.586 bits per heavy atom. The Labute approximate surface area is 174 Å². The van der Waals surface area contributed by atoms with Gasteiger partial charge in [0.15, 0.2) is 0 Å². The highest BCUT2D eigenvalue weighted by molar-refractivity contribution is 7.95. The molecule has 0 amide bonds. The predicted octanol–water partition coefficient (Wildman–Crippen LogP) is 5.33. The topological polar surface area (TPSA) is 9.23 Å². The van der Waals surface area contributed by atoms with Gasteiger partial charge in [-0.05, 0) is 35.9 Å². The van der Waals surface area contributed by atoms with Crippen molar-refractivity contribution in [3.63, 3.8) is 0 Å². The summed E-state index contributed by atoms with van der Waals surface area (Å²) >= 11 is 0. The van der Waals surface area contributed by atoms with Crippen LogP contribution < -0.4 is 15.9 Å². The van der Waals surface area contributed by atoms with Crippen molar-refractivity contribution in [2.75, 3.05) is 7.11 Å². The third-order valence-corrected chi connectivity index (χ3v) is 9.82.